The fraction of sp³-hybridized carbons (Fsp3) is 0.214. The fourth-order valence-corrected chi connectivity index (χ4v) is 2.30. The number of benzene rings is 1. The molecule has 108 valence electrons. The fourth-order valence-electron chi connectivity index (χ4n) is 2.15. The van der Waals surface area contributed by atoms with E-state index in [1.165, 1.54) is 25.6 Å². The van der Waals surface area contributed by atoms with Gasteiger partial charge in [-0.15, -0.1) is 11.6 Å². The summed E-state index contributed by atoms with van der Waals surface area (Å²) in [7, 11) is 1.52. The molecule has 0 fully saturated rings. The molecule has 0 N–H and O–H groups in total. The molecule has 0 amide bonds. The van der Waals surface area contributed by atoms with Crippen LogP contribution in [0.5, 0.6) is 5.88 Å². The normalized spacial score (nSPS) is 12.6. The first-order valence-corrected chi connectivity index (χ1v) is 6.73. The number of hydrogen-bond donors (Lipinski definition) is 0. The molecule has 5 nitrogen and oxygen atoms in total. The van der Waals surface area contributed by atoms with Gasteiger partial charge in [-0.25, -0.2) is 14.4 Å². The molecule has 1 aromatic carbocycles. The maximum Gasteiger partial charge on any atom is 0.245 e. The third-order valence-corrected chi connectivity index (χ3v) is 3.27. The monoisotopic (exact) mass is 306 g/mol. The quantitative estimate of drug-likeness (QED) is 0.697. The van der Waals surface area contributed by atoms with Gasteiger partial charge in [-0.2, -0.15) is 4.98 Å². The lowest BCUT2D eigenvalue weighted by Gasteiger charge is -2.09. The smallest absolute Gasteiger partial charge is 0.245 e. The van der Waals surface area contributed by atoms with Crippen molar-refractivity contribution in [3.8, 4) is 11.6 Å². The molecule has 0 bridgehead atoms. The van der Waals surface area contributed by atoms with Crippen molar-refractivity contribution in [1.82, 2.24) is 19.5 Å². The molecule has 0 spiro atoms. The molecule has 2 aromatic heterocycles. The van der Waals surface area contributed by atoms with Crippen molar-refractivity contribution in [2.24, 2.45) is 0 Å². The average Bonchev–Trinajstić information content (AvgIpc) is 2.87. The van der Waals surface area contributed by atoms with Crippen molar-refractivity contribution in [3.63, 3.8) is 0 Å². The minimum absolute atomic E-state index is 0.309. The minimum Gasteiger partial charge on any atom is -0.479 e. The summed E-state index contributed by atoms with van der Waals surface area (Å²) in [6.07, 6.45) is 1.39. The molecule has 0 saturated heterocycles. The van der Waals surface area contributed by atoms with E-state index in [1.807, 2.05) is 6.92 Å². The van der Waals surface area contributed by atoms with Crippen molar-refractivity contribution < 1.29 is 9.13 Å². The zero-order valence-corrected chi connectivity index (χ0v) is 12.2. The zero-order chi connectivity index (χ0) is 15.0. The maximum absolute atomic E-state index is 13.1. The zero-order valence-electron chi connectivity index (χ0n) is 11.4. The second-order valence-corrected chi connectivity index (χ2v) is 5.11. The Morgan fingerprint density at radius 1 is 1.24 bits per heavy atom. The van der Waals surface area contributed by atoms with Crippen molar-refractivity contribution in [2.45, 2.75) is 12.3 Å². The van der Waals surface area contributed by atoms with Crippen LogP contribution in [0.3, 0.4) is 0 Å². The molecule has 1 unspecified atom stereocenters. The topological polar surface area (TPSA) is 52.8 Å². The Balaban J connectivity index is 2.33. The van der Waals surface area contributed by atoms with E-state index in [9.17, 15) is 4.39 Å². The highest BCUT2D eigenvalue weighted by atomic mass is 35.5. The van der Waals surface area contributed by atoms with Crippen LogP contribution in [0, 0.1) is 5.82 Å². The van der Waals surface area contributed by atoms with Gasteiger partial charge < -0.3 is 4.74 Å². The highest BCUT2D eigenvalue weighted by molar-refractivity contribution is 6.20. The van der Waals surface area contributed by atoms with Crippen molar-refractivity contribution in [2.75, 3.05) is 7.11 Å². The molecule has 0 aliphatic rings. The lowest BCUT2D eigenvalue weighted by Crippen LogP contribution is -2.02. The summed E-state index contributed by atoms with van der Waals surface area (Å²) in [5, 5.41) is -0.353. The number of hydrogen-bond acceptors (Lipinski definition) is 4. The van der Waals surface area contributed by atoms with Crippen LogP contribution < -0.4 is 4.74 Å². The number of nitrogens with zero attached hydrogens (tertiary/aromatic N) is 4. The predicted molar refractivity (Wildman–Crippen MR) is 77.4 cm³/mol. The van der Waals surface area contributed by atoms with E-state index in [0.29, 0.717) is 22.9 Å². The van der Waals surface area contributed by atoms with E-state index < -0.39 is 0 Å². The molecular weight excluding hydrogens is 295 g/mol. The van der Waals surface area contributed by atoms with Gasteiger partial charge in [0, 0.05) is 5.69 Å². The summed E-state index contributed by atoms with van der Waals surface area (Å²) in [6, 6.07) is 6.05. The van der Waals surface area contributed by atoms with Crippen LogP contribution in [-0.4, -0.2) is 26.6 Å². The average molecular weight is 307 g/mol. The summed E-state index contributed by atoms with van der Waals surface area (Å²) in [5.41, 5.74) is 1.81. The first-order valence-electron chi connectivity index (χ1n) is 6.29. The summed E-state index contributed by atoms with van der Waals surface area (Å²) in [4.78, 5) is 12.8. The van der Waals surface area contributed by atoms with Crippen LogP contribution in [0.25, 0.3) is 16.9 Å². The van der Waals surface area contributed by atoms with Crippen LogP contribution in [-0.2, 0) is 0 Å². The largest absolute Gasteiger partial charge is 0.479 e. The number of methoxy groups -OCH3 is 1. The van der Waals surface area contributed by atoms with E-state index in [-0.39, 0.29) is 11.2 Å². The summed E-state index contributed by atoms with van der Waals surface area (Å²) in [5.74, 6) is 0.660. The molecule has 3 rings (SSSR count). The molecule has 1 atom stereocenters. The van der Waals surface area contributed by atoms with Gasteiger partial charge >= 0.3 is 0 Å². The number of halogens is 2. The Bertz CT molecular complexity index is 786. The molecule has 0 saturated carbocycles. The summed E-state index contributed by atoms with van der Waals surface area (Å²) in [6.45, 7) is 1.81. The summed E-state index contributed by atoms with van der Waals surface area (Å²) < 4.78 is 20.1. The standard InChI is InChI=1S/C14H12ClFN4O/c1-8(15)12-19-11-13(17-7-18-14(11)21-2)20(12)10-5-3-9(16)4-6-10/h3-8H,1-2H3. The number of alkyl halides is 1. The van der Waals surface area contributed by atoms with Gasteiger partial charge in [0.05, 0.1) is 12.5 Å². The van der Waals surface area contributed by atoms with E-state index in [2.05, 4.69) is 15.0 Å². The SMILES string of the molecule is COc1ncnc2c1nc(C(C)Cl)n2-c1ccc(F)cc1. The third kappa shape index (κ3) is 2.31. The molecular formula is C14H12ClFN4O. The van der Waals surface area contributed by atoms with Crippen molar-refractivity contribution in [1.29, 1.82) is 0 Å². The Morgan fingerprint density at radius 3 is 2.57 bits per heavy atom. The predicted octanol–water partition coefficient (Wildman–Crippen LogP) is 3.26. The van der Waals surface area contributed by atoms with E-state index in [0.717, 1.165) is 5.69 Å². The van der Waals surface area contributed by atoms with Gasteiger partial charge in [0.1, 0.15) is 18.0 Å². The molecule has 0 radical (unpaired) electrons. The van der Waals surface area contributed by atoms with Crippen molar-refractivity contribution in [3.05, 3.63) is 42.2 Å². The first-order chi connectivity index (χ1) is 10.1. The lowest BCUT2D eigenvalue weighted by molar-refractivity contribution is 0.401. The number of fused-ring (bicyclic) bond motifs is 1. The van der Waals surface area contributed by atoms with E-state index >= 15 is 0 Å². The molecule has 2 heterocycles. The lowest BCUT2D eigenvalue weighted by atomic mass is 10.3. The van der Waals surface area contributed by atoms with E-state index in [1.54, 1.807) is 16.7 Å². The maximum atomic E-state index is 13.1. The van der Waals surface area contributed by atoms with Gasteiger partial charge in [-0.3, -0.25) is 4.57 Å². The highest BCUT2D eigenvalue weighted by Gasteiger charge is 2.20. The second-order valence-electron chi connectivity index (χ2n) is 4.45. The highest BCUT2D eigenvalue weighted by Crippen LogP contribution is 2.30. The van der Waals surface area contributed by atoms with Gasteiger partial charge in [0.15, 0.2) is 11.2 Å². The van der Waals surface area contributed by atoms with Gasteiger partial charge in [-0.05, 0) is 31.2 Å². The van der Waals surface area contributed by atoms with Crippen LogP contribution in [0.2, 0.25) is 0 Å². The molecule has 0 aliphatic carbocycles. The van der Waals surface area contributed by atoms with Crippen LogP contribution in [0.4, 0.5) is 4.39 Å². The third-order valence-electron chi connectivity index (χ3n) is 3.07. The Labute approximate surface area is 125 Å². The second kappa shape index (κ2) is 5.29. The number of imidazole rings is 1. The molecule has 21 heavy (non-hydrogen) atoms. The van der Waals surface area contributed by atoms with Gasteiger partial charge in [0.2, 0.25) is 5.88 Å². The molecule has 3 aromatic rings. The molecule has 7 heteroatoms. The Kier molecular flexibility index (Phi) is 3.47. The van der Waals surface area contributed by atoms with Gasteiger partial charge in [0.25, 0.3) is 0 Å². The van der Waals surface area contributed by atoms with Crippen LogP contribution >= 0.6 is 11.6 Å². The van der Waals surface area contributed by atoms with E-state index in [4.69, 9.17) is 16.3 Å². The van der Waals surface area contributed by atoms with Crippen LogP contribution in [0.1, 0.15) is 18.1 Å². The summed E-state index contributed by atoms with van der Waals surface area (Å²) >= 11 is 6.21. The molecule has 0 aliphatic heterocycles. The number of aromatic nitrogens is 4. The Hall–Kier alpha value is -2.21. The van der Waals surface area contributed by atoms with Crippen molar-refractivity contribution >= 4 is 22.8 Å². The first kappa shape index (κ1) is 13.8. The number of ether oxygens (including phenoxy) is 1. The Morgan fingerprint density at radius 2 is 1.95 bits per heavy atom. The van der Waals surface area contributed by atoms with Gasteiger partial charge in [-0.1, -0.05) is 0 Å². The van der Waals surface area contributed by atoms with Crippen LogP contribution in [0.15, 0.2) is 30.6 Å². The minimum atomic E-state index is -0.353. The number of rotatable bonds is 3.